The molecule has 0 aromatic heterocycles. The molecular weight excluding hydrogens is 258 g/mol. The predicted molar refractivity (Wildman–Crippen MR) is 79.0 cm³/mol. The van der Waals surface area contributed by atoms with E-state index in [1.165, 1.54) is 0 Å². The van der Waals surface area contributed by atoms with Crippen LogP contribution < -0.4 is 5.32 Å². The fraction of sp³-hybridized carbons (Fsp3) is 0.600. The summed E-state index contributed by atoms with van der Waals surface area (Å²) >= 11 is 0. The number of nitrogens with one attached hydrogen (secondary N) is 1. The molecule has 1 saturated carbocycles. The monoisotopic (exact) mass is 281 g/mol. The van der Waals surface area contributed by atoms with E-state index < -0.39 is 9.84 Å². The van der Waals surface area contributed by atoms with Crippen molar-refractivity contribution >= 4 is 9.84 Å². The van der Waals surface area contributed by atoms with Crippen LogP contribution in [0.3, 0.4) is 0 Å². The van der Waals surface area contributed by atoms with Crippen LogP contribution in [-0.4, -0.2) is 26.8 Å². The summed E-state index contributed by atoms with van der Waals surface area (Å²) in [5, 5.41) is 3.01. The lowest BCUT2D eigenvalue weighted by molar-refractivity contribution is 0.564. The van der Waals surface area contributed by atoms with Crippen LogP contribution in [0.4, 0.5) is 0 Å². The third kappa shape index (κ3) is 3.57. The number of benzene rings is 1. The summed E-state index contributed by atoms with van der Waals surface area (Å²) in [5.74, 6) is 0.177. The van der Waals surface area contributed by atoms with E-state index in [1.54, 1.807) is 0 Å². The van der Waals surface area contributed by atoms with E-state index >= 15 is 0 Å². The molecule has 2 unspecified atom stereocenters. The lowest BCUT2D eigenvalue weighted by Crippen LogP contribution is -2.25. The molecule has 0 heterocycles. The van der Waals surface area contributed by atoms with Gasteiger partial charge in [0.1, 0.15) is 0 Å². The molecule has 106 valence electrons. The molecule has 0 radical (unpaired) electrons. The van der Waals surface area contributed by atoms with Crippen molar-refractivity contribution in [1.29, 1.82) is 0 Å². The van der Waals surface area contributed by atoms with E-state index in [9.17, 15) is 8.42 Å². The molecular formula is C15H23NO2S. The van der Waals surface area contributed by atoms with Crippen molar-refractivity contribution in [2.24, 2.45) is 0 Å². The van der Waals surface area contributed by atoms with E-state index in [0.717, 1.165) is 36.0 Å². The van der Waals surface area contributed by atoms with Crippen molar-refractivity contribution in [2.75, 3.05) is 7.05 Å². The molecule has 2 rings (SSSR count). The molecule has 0 bridgehead atoms. The van der Waals surface area contributed by atoms with Crippen molar-refractivity contribution < 1.29 is 8.42 Å². The third-order valence-electron chi connectivity index (χ3n) is 3.95. The van der Waals surface area contributed by atoms with Gasteiger partial charge < -0.3 is 5.32 Å². The summed E-state index contributed by atoms with van der Waals surface area (Å²) in [5.41, 5.74) is 3.18. The highest BCUT2D eigenvalue weighted by Crippen LogP contribution is 2.28. The molecule has 2 atom stereocenters. The summed E-state index contributed by atoms with van der Waals surface area (Å²) in [6, 6.07) is 6.39. The Kier molecular flexibility index (Phi) is 4.31. The SMILES string of the molecule is CNC1CCC(S(=O)(=O)Cc2cc(C)cc(C)c2)C1. The second kappa shape index (κ2) is 5.63. The standard InChI is InChI=1S/C15H23NO2S/c1-11-6-12(2)8-13(7-11)10-19(17,18)15-5-4-14(9-15)16-3/h6-8,14-16H,4-5,9-10H2,1-3H3. The lowest BCUT2D eigenvalue weighted by Gasteiger charge is -2.13. The first-order valence-electron chi connectivity index (χ1n) is 6.86. The molecule has 1 fully saturated rings. The Morgan fingerprint density at radius 1 is 1.16 bits per heavy atom. The molecule has 0 amide bonds. The predicted octanol–water partition coefficient (Wildman–Crippen LogP) is 2.36. The zero-order valence-corrected chi connectivity index (χ0v) is 12.8. The van der Waals surface area contributed by atoms with Crippen molar-refractivity contribution in [1.82, 2.24) is 5.32 Å². The second-order valence-electron chi connectivity index (χ2n) is 5.72. The average molecular weight is 281 g/mol. The summed E-state index contributed by atoms with van der Waals surface area (Å²) in [4.78, 5) is 0. The first kappa shape index (κ1) is 14.5. The topological polar surface area (TPSA) is 46.2 Å². The zero-order chi connectivity index (χ0) is 14.0. The van der Waals surface area contributed by atoms with Crippen LogP contribution in [0, 0.1) is 13.8 Å². The molecule has 19 heavy (non-hydrogen) atoms. The molecule has 0 spiro atoms. The van der Waals surface area contributed by atoms with Crippen LogP contribution in [0.25, 0.3) is 0 Å². The normalized spacial score (nSPS) is 23.7. The Morgan fingerprint density at radius 3 is 2.32 bits per heavy atom. The molecule has 1 aliphatic rings. The number of sulfone groups is 1. The van der Waals surface area contributed by atoms with Crippen LogP contribution >= 0.6 is 0 Å². The van der Waals surface area contributed by atoms with E-state index in [2.05, 4.69) is 11.4 Å². The van der Waals surface area contributed by atoms with Crippen LogP contribution in [-0.2, 0) is 15.6 Å². The molecule has 0 aliphatic heterocycles. The smallest absolute Gasteiger partial charge is 0.157 e. The average Bonchev–Trinajstić information content (AvgIpc) is 2.75. The fourth-order valence-corrected chi connectivity index (χ4v) is 4.92. The molecule has 1 aromatic rings. The molecule has 0 saturated heterocycles. The van der Waals surface area contributed by atoms with Crippen LogP contribution in [0.2, 0.25) is 0 Å². The zero-order valence-electron chi connectivity index (χ0n) is 11.9. The van der Waals surface area contributed by atoms with Gasteiger partial charge in [-0.05, 0) is 45.7 Å². The van der Waals surface area contributed by atoms with Gasteiger partial charge in [0.2, 0.25) is 0 Å². The van der Waals surface area contributed by atoms with Gasteiger partial charge in [0.05, 0.1) is 11.0 Å². The third-order valence-corrected chi connectivity index (χ3v) is 6.13. The van der Waals surface area contributed by atoms with Gasteiger partial charge in [-0.3, -0.25) is 0 Å². The quantitative estimate of drug-likeness (QED) is 0.921. The van der Waals surface area contributed by atoms with Crippen molar-refractivity contribution in [3.8, 4) is 0 Å². The maximum atomic E-state index is 12.5. The first-order chi connectivity index (χ1) is 8.90. The molecule has 3 nitrogen and oxygen atoms in total. The lowest BCUT2D eigenvalue weighted by atomic mass is 10.1. The van der Waals surface area contributed by atoms with Crippen molar-refractivity contribution in [2.45, 2.75) is 50.2 Å². The summed E-state index contributed by atoms with van der Waals surface area (Å²) < 4.78 is 24.9. The Balaban J connectivity index is 2.13. The minimum absolute atomic E-state index is 0.175. The van der Waals surface area contributed by atoms with E-state index in [1.807, 2.05) is 33.0 Å². The van der Waals surface area contributed by atoms with Crippen molar-refractivity contribution in [3.05, 3.63) is 34.9 Å². The molecule has 1 aliphatic carbocycles. The van der Waals surface area contributed by atoms with Gasteiger partial charge in [-0.1, -0.05) is 29.3 Å². The number of rotatable bonds is 4. The van der Waals surface area contributed by atoms with Gasteiger partial charge >= 0.3 is 0 Å². The summed E-state index contributed by atoms with van der Waals surface area (Å²) in [7, 11) is -1.12. The van der Waals surface area contributed by atoms with Crippen LogP contribution in [0.5, 0.6) is 0 Å². The van der Waals surface area contributed by atoms with Gasteiger partial charge in [0.25, 0.3) is 0 Å². The van der Waals surface area contributed by atoms with Crippen LogP contribution in [0.1, 0.15) is 36.0 Å². The summed E-state index contributed by atoms with van der Waals surface area (Å²) in [6.07, 6.45) is 2.51. The maximum absolute atomic E-state index is 12.5. The Morgan fingerprint density at radius 2 is 1.79 bits per heavy atom. The maximum Gasteiger partial charge on any atom is 0.157 e. The van der Waals surface area contributed by atoms with Gasteiger partial charge in [0, 0.05) is 6.04 Å². The highest BCUT2D eigenvalue weighted by molar-refractivity contribution is 7.91. The minimum atomic E-state index is -3.03. The molecule has 1 N–H and O–H groups in total. The number of hydrogen-bond acceptors (Lipinski definition) is 3. The molecule has 1 aromatic carbocycles. The Hall–Kier alpha value is -0.870. The van der Waals surface area contributed by atoms with Gasteiger partial charge in [-0.2, -0.15) is 0 Å². The highest BCUT2D eigenvalue weighted by Gasteiger charge is 2.33. The van der Waals surface area contributed by atoms with E-state index in [-0.39, 0.29) is 11.0 Å². The fourth-order valence-electron chi connectivity index (χ4n) is 3.03. The van der Waals surface area contributed by atoms with Crippen LogP contribution in [0.15, 0.2) is 18.2 Å². The number of hydrogen-bond donors (Lipinski definition) is 1. The van der Waals surface area contributed by atoms with Gasteiger partial charge in [-0.15, -0.1) is 0 Å². The second-order valence-corrected chi connectivity index (χ2v) is 8.00. The van der Waals surface area contributed by atoms with E-state index in [4.69, 9.17) is 0 Å². The highest BCUT2D eigenvalue weighted by atomic mass is 32.2. The van der Waals surface area contributed by atoms with Gasteiger partial charge in [-0.25, -0.2) is 8.42 Å². The largest absolute Gasteiger partial charge is 0.317 e. The van der Waals surface area contributed by atoms with Gasteiger partial charge in [0.15, 0.2) is 9.84 Å². The van der Waals surface area contributed by atoms with Crippen molar-refractivity contribution in [3.63, 3.8) is 0 Å². The van der Waals surface area contributed by atoms with E-state index in [0.29, 0.717) is 6.04 Å². The number of aryl methyl sites for hydroxylation is 2. The molecule has 4 heteroatoms. The summed E-state index contributed by atoms with van der Waals surface area (Å²) in [6.45, 7) is 4.02. The minimum Gasteiger partial charge on any atom is -0.317 e. The Labute approximate surface area is 116 Å². The first-order valence-corrected chi connectivity index (χ1v) is 8.58. The Bertz CT molecular complexity index is 531.